The van der Waals surface area contributed by atoms with Crippen LogP contribution in [0.4, 0.5) is 0 Å². The second kappa shape index (κ2) is 6.87. The molecule has 1 unspecified atom stereocenters. The van der Waals surface area contributed by atoms with Crippen LogP contribution in [-0.2, 0) is 14.6 Å². The molecule has 0 aromatic rings. The highest BCUT2D eigenvalue weighted by Crippen LogP contribution is 2.29. The molecule has 0 saturated carbocycles. The van der Waals surface area contributed by atoms with Gasteiger partial charge in [-0.3, -0.25) is 4.79 Å². The third-order valence-electron chi connectivity index (χ3n) is 4.02. The lowest BCUT2D eigenvalue weighted by Crippen LogP contribution is -2.48. The van der Waals surface area contributed by atoms with Crippen LogP contribution >= 0.6 is 0 Å². The molecule has 7 heteroatoms. The quantitative estimate of drug-likeness (QED) is 0.696. The summed E-state index contributed by atoms with van der Waals surface area (Å²) in [5.41, 5.74) is 5.83. The van der Waals surface area contributed by atoms with Crippen molar-refractivity contribution in [2.75, 3.05) is 38.7 Å². The number of hydrogen-bond donors (Lipinski definition) is 2. The fraction of sp³-hybridized carbons (Fsp3) is 0.923. The van der Waals surface area contributed by atoms with Crippen LogP contribution in [0.1, 0.15) is 26.2 Å². The zero-order valence-corrected chi connectivity index (χ0v) is 13.5. The van der Waals surface area contributed by atoms with Crippen molar-refractivity contribution >= 4 is 15.7 Å². The first-order chi connectivity index (χ1) is 9.11. The minimum atomic E-state index is -3.07. The molecular formula is C13H27N3O3S. The maximum atomic E-state index is 11.9. The molecule has 0 aromatic heterocycles. The fourth-order valence-electron chi connectivity index (χ4n) is 2.24. The van der Waals surface area contributed by atoms with Crippen molar-refractivity contribution in [3.63, 3.8) is 0 Å². The Morgan fingerprint density at radius 2 is 1.95 bits per heavy atom. The van der Waals surface area contributed by atoms with Gasteiger partial charge in [0, 0.05) is 12.8 Å². The Labute approximate surface area is 122 Å². The minimum Gasteiger partial charge on any atom is -0.354 e. The minimum absolute atomic E-state index is 0.0519. The van der Waals surface area contributed by atoms with E-state index in [0.29, 0.717) is 6.54 Å². The predicted molar refractivity (Wildman–Crippen MR) is 80.2 cm³/mol. The van der Waals surface area contributed by atoms with Gasteiger partial charge in [0.15, 0.2) is 0 Å². The molecule has 6 nitrogen and oxygen atoms in total. The Morgan fingerprint density at radius 1 is 1.40 bits per heavy atom. The Balaban J connectivity index is 2.35. The predicted octanol–water partition coefficient (Wildman–Crippen LogP) is -0.403. The summed E-state index contributed by atoms with van der Waals surface area (Å²) in [7, 11) is -0.975. The maximum Gasteiger partial charge on any atom is 0.236 e. The van der Waals surface area contributed by atoms with Crippen molar-refractivity contribution in [1.82, 2.24) is 10.2 Å². The standard InChI is InChI=1S/C13H27N3O3S/c1-13(5-7-16(2)8-6-13)10-15-12(17)11(14)4-9-20(3,18)19/h11H,4-10,14H2,1-3H3,(H,15,17). The molecule has 0 bridgehead atoms. The highest BCUT2D eigenvalue weighted by molar-refractivity contribution is 7.90. The molecule has 1 fully saturated rings. The first kappa shape index (κ1) is 17.4. The lowest BCUT2D eigenvalue weighted by molar-refractivity contribution is -0.123. The van der Waals surface area contributed by atoms with Gasteiger partial charge in [-0.1, -0.05) is 6.92 Å². The van der Waals surface area contributed by atoms with Crippen molar-refractivity contribution in [3.8, 4) is 0 Å². The van der Waals surface area contributed by atoms with E-state index in [2.05, 4.69) is 24.2 Å². The van der Waals surface area contributed by atoms with Crippen LogP contribution in [-0.4, -0.2) is 64.0 Å². The van der Waals surface area contributed by atoms with Gasteiger partial charge >= 0.3 is 0 Å². The average molecular weight is 305 g/mol. The number of sulfone groups is 1. The number of amides is 1. The summed E-state index contributed by atoms with van der Waals surface area (Å²) in [6.07, 6.45) is 3.41. The number of piperidine rings is 1. The van der Waals surface area contributed by atoms with Crippen LogP contribution in [0.3, 0.4) is 0 Å². The molecule has 0 aliphatic carbocycles. The summed E-state index contributed by atoms with van der Waals surface area (Å²) in [5, 5.41) is 2.87. The van der Waals surface area contributed by atoms with Crippen LogP contribution in [0, 0.1) is 5.41 Å². The second-order valence-electron chi connectivity index (χ2n) is 6.36. The van der Waals surface area contributed by atoms with Gasteiger partial charge in [-0.25, -0.2) is 8.42 Å². The third-order valence-corrected chi connectivity index (χ3v) is 5.00. The first-order valence-electron chi connectivity index (χ1n) is 7.01. The lowest BCUT2D eigenvalue weighted by Gasteiger charge is -2.38. The zero-order valence-electron chi connectivity index (χ0n) is 12.7. The van der Waals surface area contributed by atoms with Crippen LogP contribution in [0.15, 0.2) is 0 Å². The van der Waals surface area contributed by atoms with Crippen LogP contribution in [0.2, 0.25) is 0 Å². The number of carbonyl (C=O) groups is 1. The monoisotopic (exact) mass is 305 g/mol. The van der Waals surface area contributed by atoms with E-state index >= 15 is 0 Å². The molecule has 1 aliphatic heterocycles. The second-order valence-corrected chi connectivity index (χ2v) is 8.62. The van der Waals surface area contributed by atoms with Crippen molar-refractivity contribution in [2.24, 2.45) is 11.1 Å². The molecule has 1 rings (SSSR count). The smallest absolute Gasteiger partial charge is 0.236 e. The van der Waals surface area contributed by atoms with Gasteiger partial charge in [0.1, 0.15) is 9.84 Å². The van der Waals surface area contributed by atoms with Crippen molar-refractivity contribution < 1.29 is 13.2 Å². The van der Waals surface area contributed by atoms with Gasteiger partial charge in [-0.05, 0) is 44.8 Å². The lowest BCUT2D eigenvalue weighted by atomic mass is 9.80. The van der Waals surface area contributed by atoms with E-state index in [1.54, 1.807) is 0 Å². The summed E-state index contributed by atoms with van der Waals surface area (Å²) in [5.74, 6) is -0.308. The van der Waals surface area contributed by atoms with Crippen LogP contribution in [0.5, 0.6) is 0 Å². The summed E-state index contributed by atoms with van der Waals surface area (Å²) < 4.78 is 22.1. The molecule has 0 aromatic carbocycles. The maximum absolute atomic E-state index is 11.9. The van der Waals surface area contributed by atoms with Crippen LogP contribution in [0.25, 0.3) is 0 Å². The number of hydrogen-bond acceptors (Lipinski definition) is 5. The number of nitrogens with two attached hydrogens (primary N) is 1. The summed E-state index contributed by atoms with van der Waals surface area (Å²) >= 11 is 0. The van der Waals surface area contributed by atoms with E-state index in [0.717, 1.165) is 32.2 Å². The Bertz CT molecular complexity index is 428. The van der Waals surface area contributed by atoms with E-state index in [4.69, 9.17) is 5.73 Å². The Morgan fingerprint density at radius 3 is 2.45 bits per heavy atom. The molecule has 20 heavy (non-hydrogen) atoms. The molecule has 1 atom stereocenters. The zero-order chi connectivity index (χ0) is 15.4. The number of likely N-dealkylation sites (tertiary alicyclic amines) is 1. The molecule has 0 radical (unpaired) electrons. The largest absolute Gasteiger partial charge is 0.354 e. The fourth-order valence-corrected chi connectivity index (χ4v) is 2.92. The Kier molecular flexibility index (Phi) is 5.97. The summed E-state index contributed by atoms with van der Waals surface area (Å²) in [4.78, 5) is 14.1. The SMILES string of the molecule is CN1CCC(C)(CNC(=O)C(N)CCS(C)(=O)=O)CC1. The Hall–Kier alpha value is -0.660. The van der Waals surface area contributed by atoms with E-state index in [1.807, 2.05) is 0 Å². The van der Waals surface area contributed by atoms with Gasteiger partial charge in [-0.15, -0.1) is 0 Å². The first-order valence-corrected chi connectivity index (χ1v) is 9.07. The van der Waals surface area contributed by atoms with Gasteiger partial charge in [0.25, 0.3) is 0 Å². The van der Waals surface area contributed by atoms with Gasteiger partial charge in [-0.2, -0.15) is 0 Å². The van der Waals surface area contributed by atoms with Crippen molar-refractivity contribution in [2.45, 2.75) is 32.2 Å². The topological polar surface area (TPSA) is 92.5 Å². The number of nitrogens with one attached hydrogen (secondary N) is 1. The number of rotatable bonds is 6. The van der Waals surface area contributed by atoms with Gasteiger partial charge in [0.2, 0.25) is 5.91 Å². The molecule has 1 saturated heterocycles. The molecule has 3 N–H and O–H groups in total. The number of carbonyl (C=O) groups excluding carboxylic acids is 1. The third kappa shape index (κ3) is 6.19. The molecule has 1 aliphatic rings. The van der Waals surface area contributed by atoms with Crippen LogP contribution < -0.4 is 11.1 Å². The molecule has 1 heterocycles. The van der Waals surface area contributed by atoms with E-state index in [-0.39, 0.29) is 23.5 Å². The van der Waals surface area contributed by atoms with Crippen molar-refractivity contribution in [3.05, 3.63) is 0 Å². The molecule has 0 spiro atoms. The number of nitrogens with zero attached hydrogens (tertiary/aromatic N) is 1. The molecular weight excluding hydrogens is 278 g/mol. The summed E-state index contributed by atoms with van der Waals surface area (Å²) in [6.45, 7) is 4.84. The van der Waals surface area contributed by atoms with E-state index in [9.17, 15) is 13.2 Å². The molecule has 118 valence electrons. The van der Waals surface area contributed by atoms with E-state index in [1.165, 1.54) is 0 Å². The highest BCUT2D eigenvalue weighted by Gasteiger charge is 2.29. The highest BCUT2D eigenvalue weighted by atomic mass is 32.2. The van der Waals surface area contributed by atoms with E-state index < -0.39 is 15.9 Å². The average Bonchev–Trinajstić information content (AvgIpc) is 2.36. The normalized spacial score (nSPS) is 21.4. The van der Waals surface area contributed by atoms with Crippen molar-refractivity contribution in [1.29, 1.82) is 0 Å². The van der Waals surface area contributed by atoms with Gasteiger partial charge < -0.3 is 16.0 Å². The van der Waals surface area contributed by atoms with Gasteiger partial charge in [0.05, 0.1) is 11.8 Å². The molecule has 1 amide bonds. The summed E-state index contributed by atoms with van der Waals surface area (Å²) in [6, 6.07) is -0.750.